The Bertz CT molecular complexity index is 529. The van der Waals surface area contributed by atoms with Crippen LogP contribution in [0.5, 0.6) is 0 Å². The molecular formula is C15H20F2N2O2. The summed E-state index contributed by atoms with van der Waals surface area (Å²) in [4.78, 5) is 9.85. The fourth-order valence-electron chi connectivity index (χ4n) is 2.94. The van der Waals surface area contributed by atoms with Crippen LogP contribution < -0.4 is 5.32 Å². The number of hydrogen-bond donors (Lipinski definition) is 1. The van der Waals surface area contributed by atoms with Crippen LogP contribution in [0.3, 0.4) is 0 Å². The van der Waals surface area contributed by atoms with Gasteiger partial charge < -0.3 is 5.32 Å². The fourth-order valence-corrected chi connectivity index (χ4v) is 2.94. The molecule has 0 atom stereocenters. The van der Waals surface area contributed by atoms with Crippen LogP contribution in [0.4, 0.5) is 14.5 Å². The van der Waals surface area contributed by atoms with E-state index in [-0.39, 0.29) is 17.5 Å². The van der Waals surface area contributed by atoms with Gasteiger partial charge in [-0.25, -0.2) is 4.39 Å². The predicted octanol–water partition coefficient (Wildman–Crippen LogP) is 3.93. The van der Waals surface area contributed by atoms with Crippen LogP contribution in [0, 0.1) is 27.2 Å². The highest BCUT2D eigenvalue weighted by atomic mass is 19.1. The molecule has 1 fully saturated rings. The Kier molecular flexibility index (Phi) is 4.88. The SMILES string of the molecule is CC1(CNCc2cc([N+](=O)[O-])c(F)cc2F)CCCCC1. The number of benzene rings is 1. The van der Waals surface area contributed by atoms with E-state index in [2.05, 4.69) is 12.2 Å². The van der Waals surface area contributed by atoms with Gasteiger partial charge in [0.1, 0.15) is 5.82 Å². The van der Waals surface area contributed by atoms with Crippen molar-refractivity contribution in [2.24, 2.45) is 5.41 Å². The van der Waals surface area contributed by atoms with Gasteiger partial charge in [-0.05, 0) is 18.3 Å². The fraction of sp³-hybridized carbons (Fsp3) is 0.600. The zero-order chi connectivity index (χ0) is 15.5. The number of nitro groups is 1. The molecule has 0 unspecified atom stereocenters. The highest BCUT2D eigenvalue weighted by Crippen LogP contribution is 2.35. The molecule has 0 spiro atoms. The van der Waals surface area contributed by atoms with Crippen molar-refractivity contribution < 1.29 is 13.7 Å². The molecule has 0 bridgehead atoms. The molecule has 0 aliphatic heterocycles. The third kappa shape index (κ3) is 3.97. The van der Waals surface area contributed by atoms with Crippen molar-refractivity contribution in [1.29, 1.82) is 0 Å². The first-order valence-electron chi connectivity index (χ1n) is 7.24. The van der Waals surface area contributed by atoms with Crippen LogP contribution >= 0.6 is 0 Å². The molecule has 1 saturated carbocycles. The van der Waals surface area contributed by atoms with E-state index in [4.69, 9.17) is 0 Å². The van der Waals surface area contributed by atoms with Gasteiger partial charge in [0.05, 0.1) is 4.92 Å². The van der Waals surface area contributed by atoms with E-state index in [1.807, 2.05) is 0 Å². The minimum Gasteiger partial charge on any atom is -0.312 e. The zero-order valence-electron chi connectivity index (χ0n) is 12.1. The maximum atomic E-state index is 13.7. The number of nitrogens with one attached hydrogen (secondary N) is 1. The maximum Gasteiger partial charge on any atom is 0.305 e. The summed E-state index contributed by atoms with van der Waals surface area (Å²) in [6.45, 7) is 3.10. The molecule has 21 heavy (non-hydrogen) atoms. The number of nitro benzene ring substituents is 1. The lowest BCUT2D eigenvalue weighted by atomic mass is 9.76. The molecule has 0 aromatic heterocycles. The second kappa shape index (κ2) is 6.47. The van der Waals surface area contributed by atoms with E-state index < -0.39 is 22.2 Å². The lowest BCUT2D eigenvalue weighted by molar-refractivity contribution is -0.387. The molecule has 0 saturated heterocycles. The van der Waals surface area contributed by atoms with Crippen molar-refractivity contribution in [3.63, 3.8) is 0 Å². The first kappa shape index (κ1) is 15.8. The molecule has 0 radical (unpaired) electrons. The normalized spacial score (nSPS) is 17.7. The van der Waals surface area contributed by atoms with E-state index >= 15 is 0 Å². The zero-order valence-corrected chi connectivity index (χ0v) is 12.1. The molecule has 0 heterocycles. The topological polar surface area (TPSA) is 55.2 Å². The van der Waals surface area contributed by atoms with Gasteiger partial charge in [-0.15, -0.1) is 0 Å². The monoisotopic (exact) mass is 298 g/mol. The molecule has 116 valence electrons. The highest BCUT2D eigenvalue weighted by molar-refractivity contribution is 5.37. The molecule has 1 aliphatic rings. The number of halogens is 2. The van der Waals surface area contributed by atoms with Crippen molar-refractivity contribution in [2.45, 2.75) is 45.6 Å². The van der Waals surface area contributed by atoms with Crippen LogP contribution in [-0.2, 0) is 6.54 Å². The minimum absolute atomic E-state index is 0.127. The first-order chi connectivity index (χ1) is 9.91. The number of nitrogens with zero attached hydrogens (tertiary/aromatic N) is 1. The summed E-state index contributed by atoms with van der Waals surface area (Å²) in [6, 6.07) is 1.55. The Morgan fingerprint density at radius 2 is 1.90 bits per heavy atom. The largest absolute Gasteiger partial charge is 0.312 e. The van der Waals surface area contributed by atoms with Crippen LogP contribution in [-0.4, -0.2) is 11.5 Å². The van der Waals surface area contributed by atoms with Gasteiger partial charge in [0.25, 0.3) is 0 Å². The van der Waals surface area contributed by atoms with Crippen molar-refractivity contribution in [3.8, 4) is 0 Å². The maximum absolute atomic E-state index is 13.7. The van der Waals surface area contributed by atoms with E-state index in [0.29, 0.717) is 6.07 Å². The van der Waals surface area contributed by atoms with Crippen molar-refractivity contribution in [1.82, 2.24) is 5.32 Å². The molecule has 1 N–H and O–H groups in total. The Hall–Kier alpha value is -1.56. The summed E-state index contributed by atoms with van der Waals surface area (Å²) >= 11 is 0. The predicted molar refractivity (Wildman–Crippen MR) is 75.9 cm³/mol. The Labute approximate surface area is 122 Å². The van der Waals surface area contributed by atoms with E-state index in [1.165, 1.54) is 19.3 Å². The first-order valence-corrected chi connectivity index (χ1v) is 7.24. The molecule has 2 rings (SSSR count). The summed E-state index contributed by atoms with van der Waals surface area (Å²) in [5.74, 6) is -1.89. The molecule has 4 nitrogen and oxygen atoms in total. The van der Waals surface area contributed by atoms with Crippen LogP contribution in [0.15, 0.2) is 12.1 Å². The van der Waals surface area contributed by atoms with Gasteiger partial charge >= 0.3 is 5.69 Å². The molecule has 1 aromatic carbocycles. The number of rotatable bonds is 5. The van der Waals surface area contributed by atoms with Gasteiger partial charge in [0.2, 0.25) is 5.82 Å². The molecule has 6 heteroatoms. The minimum atomic E-state index is -1.14. The second-order valence-corrected chi connectivity index (χ2v) is 6.13. The molecule has 0 amide bonds. The standard InChI is InChI=1S/C15H20F2N2O2/c1-15(5-3-2-4-6-15)10-18-9-11-7-14(19(20)21)13(17)8-12(11)16/h7-8,18H,2-6,9-10H2,1H3. The smallest absolute Gasteiger partial charge is 0.305 e. The quantitative estimate of drug-likeness (QED) is 0.662. The number of hydrogen-bond acceptors (Lipinski definition) is 3. The van der Waals surface area contributed by atoms with Crippen molar-refractivity contribution in [2.75, 3.05) is 6.54 Å². The van der Waals surface area contributed by atoms with Gasteiger partial charge in [0.15, 0.2) is 0 Å². The molecule has 1 aromatic rings. The van der Waals surface area contributed by atoms with E-state index in [1.54, 1.807) is 0 Å². The second-order valence-electron chi connectivity index (χ2n) is 6.13. The summed E-state index contributed by atoms with van der Waals surface area (Å²) < 4.78 is 26.9. The average molecular weight is 298 g/mol. The summed E-state index contributed by atoms with van der Waals surface area (Å²) in [6.07, 6.45) is 5.93. The summed E-state index contributed by atoms with van der Waals surface area (Å²) in [7, 11) is 0. The molecule has 1 aliphatic carbocycles. The van der Waals surface area contributed by atoms with Gasteiger partial charge in [-0.3, -0.25) is 10.1 Å². The lowest BCUT2D eigenvalue weighted by Crippen LogP contribution is -2.33. The Balaban J connectivity index is 1.99. The van der Waals surface area contributed by atoms with Gasteiger partial charge in [0, 0.05) is 30.8 Å². The van der Waals surface area contributed by atoms with E-state index in [9.17, 15) is 18.9 Å². The third-order valence-electron chi connectivity index (χ3n) is 4.24. The Morgan fingerprint density at radius 1 is 1.24 bits per heavy atom. The van der Waals surface area contributed by atoms with Crippen molar-refractivity contribution >= 4 is 5.69 Å². The summed E-state index contributed by atoms with van der Waals surface area (Å²) in [5, 5.41) is 13.8. The molecular weight excluding hydrogens is 278 g/mol. The lowest BCUT2D eigenvalue weighted by Gasteiger charge is -2.33. The van der Waals surface area contributed by atoms with Crippen LogP contribution in [0.1, 0.15) is 44.6 Å². The van der Waals surface area contributed by atoms with Crippen LogP contribution in [0.25, 0.3) is 0 Å². The summed E-state index contributed by atoms with van der Waals surface area (Å²) in [5.41, 5.74) is -0.361. The third-order valence-corrected chi connectivity index (χ3v) is 4.24. The van der Waals surface area contributed by atoms with Crippen LogP contribution in [0.2, 0.25) is 0 Å². The highest BCUT2D eigenvalue weighted by Gasteiger charge is 2.26. The van der Waals surface area contributed by atoms with E-state index in [0.717, 1.165) is 25.5 Å². The van der Waals surface area contributed by atoms with Gasteiger partial charge in [-0.1, -0.05) is 26.2 Å². The van der Waals surface area contributed by atoms with Crippen molar-refractivity contribution in [3.05, 3.63) is 39.4 Å². The van der Waals surface area contributed by atoms with Gasteiger partial charge in [-0.2, -0.15) is 4.39 Å². The Morgan fingerprint density at radius 3 is 2.52 bits per heavy atom. The average Bonchev–Trinajstić information content (AvgIpc) is 2.41.